The molecule has 0 unspecified atom stereocenters. The predicted octanol–water partition coefficient (Wildman–Crippen LogP) is 0.489. The van der Waals surface area contributed by atoms with Crippen LogP contribution in [0.25, 0.3) is 0 Å². The number of benzene rings is 1. The first-order valence-electron chi connectivity index (χ1n) is 8.27. The Morgan fingerprint density at radius 1 is 1.10 bits per heavy atom. The number of hydrogen-bond acceptors (Lipinski definition) is 7. The van der Waals surface area contributed by atoms with Gasteiger partial charge < -0.3 is 30.3 Å². The zero-order chi connectivity index (χ0) is 21.8. The molecule has 11 nitrogen and oxygen atoms in total. The first kappa shape index (κ1) is 23.3. The summed E-state index contributed by atoms with van der Waals surface area (Å²) >= 11 is 0. The molecule has 12 heteroatoms. The molecule has 0 aliphatic carbocycles. The standard InChI is InChI=1S/C17H19FN2O9/c18-11-3-1-10(2-4-11)15(24)19-8-7-14(28-9-21)29-17(27)20-12(16(25)26)5-6-13(22)23/h1-4,9,12,14H,5-8H2,(H,19,24)(H,20,27)(H,22,23)(H,25,26)/t12-,14+/m0/s1. The summed E-state index contributed by atoms with van der Waals surface area (Å²) in [6.45, 7) is -0.0950. The van der Waals surface area contributed by atoms with Crippen LogP contribution >= 0.6 is 0 Å². The molecule has 0 fully saturated rings. The molecular weight excluding hydrogens is 395 g/mol. The maximum atomic E-state index is 12.8. The second-order valence-corrected chi connectivity index (χ2v) is 5.59. The lowest BCUT2D eigenvalue weighted by molar-refractivity contribution is -0.153. The maximum Gasteiger partial charge on any atom is 0.410 e. The van der Waals surface area contributed by atoms with Gasteiger partial charge in [-0.25, -0.2) is 14.0 Å². The summed E-state index contributed by atoms with van der Waals surface area (Å²) in [5.74, 6) is -3.77. The van der Waals surface area contributed by atoms with Crippen molar-refractivity contribution in [1.29, 1.82) is 0 Å². The van der Waals surface area contributed by atoms with Gasteiger partial charge in [0.2, 0.25) is 0 Å². The van der Waals surface area contributed by atoms with Gasteiger partial charge in [-0.1, -0.05) is 0 Å². The number of aliphatic carboxylic acids is 2. The Hall–Kier alpha value is -3.70. The highest BCUT2D eigenvalue weighted by Crippen LogP contribution is 2.05. The van der Waals surface area contributed by atoms with Crippen LogP contribution < -0.4 is 10.6 Å². The van der Waals surface area contributed by atoms with Gasteiger partial charge in [0.05, 0.1) is 0 Å². The fraction of sp³-hybridized carbons (Fsp3) is 0.353. The van der Waals surface area contributed by atoms with Crippen molar-refractivity contribution in [2.24, 2.45) is 0 Å². The minimum absolute atomic E-state index is 0.00114. The molecule has 0 bridgehead atoms. The van der Waals surface area contributed by atoms with E-state index in [0.717, 1.165) is 12.1 Å². The highest BCUT2D eigenvalue weighted by Gasteiger charge is 2.24. The summed E-state index contributed by atoms with van der Waals surface area (Å²) in [6, 6.07) is 3.20. The van der Waals surface area contributed by atoms with E-state index in [1.807, 2.05) is 5.32 Å². The highest BCUT2D eigenvalue weighted by atomic mass is 19.1. The molecule has 0 aliphatic rings. The van der Waals surface area contributed by atoms with E-state index in [4.69, 9.17) is 14.9 Å². The predicted molar refractivity (Wildman–Crippen MR) is 92.2 cm³/mol. The van der Waals surface area contributed by atoms with E-state index >= 15 is 0 Å². The number of nitrogens with one attached hydrogen (secondary N) is 2. The Kier molecular flexibility index (Phi) is 9.57. The van der Waals surface area contributed by atoms with Crippen LogP contribution in [0.4, 0.5) is 9.18 Å². The molecule has 0 saturated carbocycles. The zero-order valence-corrected chi connectivity index (χ0v) is 15.0. The largest absolute Gasteiger partial charge is 0.481 e. The molecule has 2 amide bonds. The zero-order valence-electron chi connectivity index (χ0n) is 15.0. The van der Waals surface area contributed by atoms with Crippen LogP contribution in [0.3, 0.4) is 0 Å². The topological polar surface area (TPSA) is 168 Å². The van der Waals surface area contributed by atoms with Gasteiger partial charge in [-0.15, -0.1) is 0 Å². The molecular formula is C17H19FN2O9. The monoisotopic (exact) mass is 414 g/mol. The number of carboxylic acid groups (broad SMARTS) is 2. The number of halogens is 1. The molecule has 29 heavy (non-hydrogen) atoms. The van der Waals surface area contributed by atoms with Crippen molar-refractivity contribution in [3.8, 4) is 0 Å². The number of carbonyl (C=O) groups excluding carboxylic acids is 3. The van der Waals surface area contributed by atoms with Crippen LogP contribution in [0.5, 0.6) is 0 Å². The summed E-state index contributed by atoms with van der Waals surface area (Å²) < 4.78 is 22.2. The number of hydrogen-bond donors (Lipinski definition) is 4. The van der Waals surface area contributed by atoms with E-state index < -0.39 is 48.5 Å². The van der Waals surface area contributed by atoms with Gasteiger partial charge in [-0.05, 0) is 30.7 Å². The minimum atomic E-state index is -1.52. The molecule has 4 N–H and O–H groups in total. The molecule has 1 rings (SSSR count). The van der Waals surface area contributed by atoms with Crippen LogP contribution in [0, 0.1) is 5.82 Å². The normalized spacial score (nSPS) is 12.2. The van der Waals surface area contributed by atoms with Crippen molar-refractivity contribution in [2.45, 2.75) is 31.6 Å². The molecule has 0 heterocycles. The Bertz CT molecular complexity index is 739. The number of ether oxygens (including phenoxy) is 2. The second kappa shape index (κ2) is 11.9. The molecule has 1 aromatic carbocycles. The third-order valence-corrected chi connectivity index (χ3v) is 3.45. The lowest BCUT2D eigenvalue weighted by Gasteiger charge is -2.19. The molecule has 158 valence electrons. The van der Waals surface area contributed by atoms with Gasteiger partial charge in [0.25, 0.3) is 18.7 Å². The van der Waals surface area contributed by atoms with Gasteiger partial charge in [-0.2, -0.15) is 0 Å². The lowest BCUT2D eigenvalue weighted by atomic mass is 10.1. The third kappa shape index (κ3) is 9.17. The fourth-order valence-electron chi connectivity index (χ4n) is 2.04. The van der Waals surface area contributed by atoms with Gasteiger partial charge in [0.1, 0.15) is 11.9 Å². The first-order chi connectivity index (χ1) is 13.7. The summed E-state index contributed by atoms with van der Waals surface area (Å²) in [4.78, 5) is 55.8. The summed E-state index contributed by atoms with van der Waals surface area (Å²) in [5.41, 5.74) is 0.181. The van der Waals surface area contributed by atoms with Crippen LogP contribution in [0.2, 0.25) is 0 Å². The Balaban J connectivity index is 2.51. The Morgan fingerprint density at radius 3 is 2.31 bits per heavy atom. The molecule has 0 saturated heterocycles. The van der Waals surface area contributed by atoms with Crippen molar-refractivity contribution in [3.63, 3.8) is 0 Å². The Labute approximate surface area is 163 Å². The number of alkyl carbamates (subject to hydrolysis) is 1. The van der Waals surface area contributed by atoms with Gasteiger partial charge in [0.15, 0.2) is 0 Å². The van der Waals surface area contributed by atoms with E-state index in [9.17, 15) is 28.4 Å². The van der Waals surface area contributed by atoms with Crippen molar-refractivity contribution < 1.29 is 48.0 Å². The molecule has 0 aromatic heterocycles. The van der Waals surface area contributed by atoms with Crippen molar-refractivity contribution in [2.75, 3.05) is 6.54 Å². The first-order valence-corrected chi connectivity index (χ1v) is 8.27. The van der Waals surface area contributed by atoms with Crippen molar-refractivity contribution >= 4 is 30.4 Å². The molecule has 1 aromatic rings. The van der Waals surface area contributed by atoms with Gasteiger partial charge in [0, 0.05) is 24.9 Å². The van der Waals surface area contributed by atoms with E-state index in [1.54, 1.807) is 0 Å². The highest BCUT2D eigenvalue weighted by molar-refractivity contribution is 5.94. The second-order valence-electron chi connectivity index (χ2n) is 5.59. The number of amides is 2. The molecule has 0 radical (unpaired) electrons. The lowest BCUT2D eigenvalue weighted by Crippen LogP contribution is -2.43. The average molecular weight is 414 g/mol. The van der Waals surface area contributed by atoms with E-state index in [2.05, 4.69) is 10.1 Å². The number of carboxylic acids is 2. The van der Waals surface area contributed by atoms with Gasteiger partial charge >= 0.3 is 18.0 Å². The summed E-state index contributed by atoms with van der Waals surface area (Å²) in [5, 5.41) is 22.0. The van der Waals surface area contributed by atoms with E-state index in [-0.39, 0.29) is 31.4 Å². The molecule has 0 aliphatic heterocycles. The summed E-state index contributed by atoms with van der Waals surface area (Å²) in [7, 11) is 0. The van der Waals surface area contributed by atoms with Crippen molar-refractivity contribution in [1.82, 2.24) is 10.6 Å². The van der Waals surface area contributed by atoms with Gasteiger partial charge in [-0.3, -0.25) is 14.4 Å². The maximum absolute atomic E-state index is 12.8. The van der Waals surface area contributed by atoms with Crippen LogP contribution in [-0.4, -0.2) is 59.5 Å². The van der Waals surface area contributed by atoms with E-state index in [1.165, 1.54) is 12.1 Å². The molecule has 0 spiro atoms. The SMILES string of the molecule is O=CO[C@@H](CCNC(=O)c1ccc(F)cc1)OC(=O)N[C@@H](CCC(=O)O)C(=O)O. The van der Waals surface area contributed by atoms with Crippen LogP contribution in [0.1, 0.15) is 29.6 Å². The Morgan fingerprint density at radius 2 is 1.76 bits per heavy atom. The van der Waals surface area contributed by atoms with Crippen molar-refractivity contribution in [3.05, 3.63) is 35.6 Å². The average Bonchev–Trinajstić information content (AvgIpc) is 2.65. The van der Waals surface area contributed by atoms with E-state index in [0.29, 0.717) is 0 Å². The van der Waals surface area contributed by atoms with Crippen LogP contribution in [0.15, 0.2) is 24.3 Å². The minimum Gasteiger partial charge on any atom is -0.481 e. The quantitative estimate of drug-likeness (QED) is 0.281. The summed E-state index contributed by atoms with van der Waals surface area (Å²) in [6.07, 6.45) is -3.73. The number of rotatable bonds is 12. The fourth-order valence-corrected chi connectivity index (χ4v) is 2.04. The number of carbonyl (C=O) groups is 5. The molecule has 2 atom stereocenters. The smallest absolute Gasteiger partial charge is 0.410 e. The third-order valence-electron chi connectivity index (χ3n) is 3.45. The van der Waals surface area contributed by atoms with Crippen LogP contribution in [-0.2, 0) is 23.9 Å².